The maximum Gasteiger partial charge on any atom is 0.190 e. The standard InChI is InChI=1S/C27H27NO3/c1-17-23(29)15-22(19-11-13-28(14-12-19)16-18-7-3-2-4-8-18)25-24(17)26(30)20-9-5-6-10-21(20)27(25)31/h2-10,17,19,22H,11-16H2,1H3. The first kappa shape index (κ1) is 20.1. The van der Waals surface area contributed by atoms with Crippen molar-refractivity contribution in [2.45, 2.75) is 32.7 Å². The molecule has 5 rings (SSSR count). The second-order valence-corrected chi connectivity index (χ2v) is 9.13. The number of carbonyl (C=O) groups is 3. The van der Waals surface area contributed by atoms with Gasteiger partial charge >= 0.3 is 0 Å². The summed E-state index contributed by atoms with van der Waals surface area (Å²) in [6.07, 6.45) is 2.27. The molecule has 1 heterocycles. The highest BCUT2D eigenvalue weighted by molar-refractivity contribution is 6.29. The first-order valence-corrected chi connectivity index (χ1v) is 11.3. The molecule has 0 N–H and O–H groups in total. The summed E-state index contributed by atoms with van der Waals surface area (Å²) in [6, 6.07) is 17.5. The maximum atomic E-state index is 13.5. The van der Waals surface area contributed by atoms with Crippen molar-refractivity contribution < 1.29 is 14.4 Å². The van der Waals surface area contributed by atoms with Crippen LogP contribution in [0.2, 0.25) is 0 Å². The number of piperidine rings is 1. The van der Waals surface area contributed by atoms with Gasteiger partial charge in [-0.15, -0.1) is 0 Å². The third-order valence-corrected chi connectivity index (χ3v) is 7.35. The Bertz CT molecular complexity index is 1080. The first-order valence-electron chi connectivity index (χ1n) is 11.3. The van der Waals surface area contributed by atoms with Gasteiger partial charge in [0.05, 0.1) is 0 Å². The van der Waals surface area contributed by atoms with Crippen LogP contribution in [0, 0.1) is 17.8 Å². The Kier molecular flexibility index (Phi) is 5.19. The molecule has 1 aliphatic heterocycles. The van der Waals surface area contributed by atoms with Crippen LogP contribution in [0.25, 0.3) is 0 Å². The Morgan fingerprint density at radius 1 is 0.806 bits per heavy atom. The number of hydrogen-bond donors (Lipinski definition) is 0. The van der Waals surface area contributed by atoms with Crippen molar-refractivity contribution in [1.82, 2.24) is 4.90 Å². The Morgan fingerprint density at radius 2 is 1.39 bits per heavy atom. The van der Waals surface area contributed by atoms with Crippen LogP contribution in [0.4, 0.5) is 0 Å². The molecule has 2 atom stereocenters. The minimum atomic E-state index is -0.491. The van der Waals surface area contributed by atoms with Crippen LogP contribution in [0.3, 0.4) is 0 Å². The van der Waals surface area contributed by atoms with Crippen LogP contribution in [-0.2, 0) is 11.3 Å². The number of hydrogen-bond acceptors (Lipinski definition) is 4. The van der Waals surface area contributed by atoms with E-state index in [0.29, 0.717) is 28.7 Å². The van der Waals surface area contributed by atoms with Gasteiger partial charge in [0.2, 0.25) is 0 Å². The Balaban J connectivity index is 1.40. The van der Waals surface area contributed by atoms with E-state index in [9.17, 15) is 14.4 Å². The predicted octanol–water partition coefficient (Wildman–Crippen LogP) is 4.50. The third kappa shape index (κ3) is 3.49. The van der Waals surface area contributed by atoms with E-state index in [1.807, 2.05) is 12.1 Å². The molecule has 3 aliphatic rings. The SMILES string of the molecule is CC1C(=O)CC(C2CCN(Cc3ccccc3)CC2)C2=C1C(=O)c1ccccc1C2=O. The van der Waals surface area contributed by atoms with Gasteiger partial charge in [0.25, 0.3) is 0 Å². The molecule has 0 saturated carbocycles. The zero-order valence-electron chi connectivity index (χ0n) is 17.8. The smallest absolute Gasteiger partial charge is 0.190 e. The molecule has 2 unspecified atom stereocenters. The van der Waals surface area contributed by atoms with Gasteiger partial charge in [-0.3, -0.25) is 19.3 Å². The summed E-state index contributed by atoms with van der Waals surface area (Å²) < 4.78 is 0. The van der Waals surface area contributed by atoms with E-state index in [1.54, 1.807) is 25.1 Å². The third-order valence-electron chi connectivity index (χ3n) is 7.35. The van der Waals surface area contributed by atoms with Crippen molar-refractivity contribution in [2.75, 3.05) is 13.1 Å². The fourth-order valence-electron chi connectivity index (χ4n) is 5.63. The minimum Gasteiger partial charge on any atom is -0.299 e. The quantitative estimate of drug-likeness (QED) is 0.744. The predicted molar refractivity (Wildman–Crippen MR) is 119 cm³/mol. The van der Waals surface area contributed by atoms with Gasteiger partial charge in [-0.25, -0.2) is 0 Å². The van der Waals surface area contributed by atoms with Crippen molar-refractivity contribution in [3.63, 3.8) is 0 Å². The first-order chi connectivity index (χ1) is 15.0. The largest absolute Gasteiger partial charge is 0.299 e. The summed E-state index contributed by atoms with van der Waals surface area (Å²) in [5.41, 5.74) is 3.36. The molecule has 158 valence electrons. The molecule has 2 aliphatic carbocycles. The summed E-state index contributed by atoms with van der Waals surface area (Å²) in [5, 5.41) is 0. The summed E-state index contributed by atoms with van der Waals surface area (Å²) in [5.74, 6) is -0.443. The van der Waals surface area contributed by atoms with Gasteiger partial charge in [-0.2, -0.15) is 0 Å². The average molecular weight is 414 g/mol. The van der Waals surface area contributed by atoms with E-state index >= 15 is 0 Å². The van der Waals surface area contributed by atoms with Gasteiger partial charge in [-0.05, 0) is 43.3 Å². The lowest BCUT2D eigenvalue weighted by Gasteiger charge is -2.41. The molecule has 1 saturated heterocycles. The zero-order valence-corrected chi connectivity index (χ0v) is 17.8. The highest BCUT2D eigenvalue weighted by Gasteiger charge is 2.46. The molecule has 0 amide bonds. The van der Waals surface area contributed by atoms with E-state index < -0.39 is 5.92 Å². The molecule has 1 fully saturated rings. The number of benzene rings is 2. The van der Waals surface area contributed by atoms with Gasteiger partial charge < -0.3 is 0 Å². The van der Waals surface area contributed by atoms with E-state index in [-0.39, 0.29) is 29.2 Å². The van der Waals surface area contributed by atoms with E-state index in [4.69, 9.17) is 0 Å². The van der Waals surface area contributed by atoms with Crippen molar-refractivity contribution >= 4 is 17.3 Å². The van der Waals surface area contributed by atoms with Crippen molar-refractivity contribution in [3.05, 3.63) is 82.4 Å². The molecular formula is C27H27NO3. The molecular weight excluding hydrogens is 386 g/mol. The monoisotopic (exact) mass is 413 g/mol. The Morgan fingerprint density at radius 3 is 2.03 bits per heavy atom. The van der Waals surface area contributed by atoms with E-state index in [0.717, 1.165) is 32.5 Å². The van der Waals surface area contributed by atoms with Gasteiger partial charge in [0.1, 0.15) is 5.78 Å². The minimum absolute atomic E-state index is 0.0405. The van der Waals surface area contributed by atoms with E-state index in [2.05, 4.69) is 29.2 Å². The summed E-state index contributed by atoms with van der Waals surface area (Å²) >= 11 is 0. The van der Waals surface area contributed by atoms with Crippen molar-refractivity contribution in [2.24, 2.45) is 17.8 Å². The van der Waals surface area contributed by atoms with Crippen LogP contribution in [-0.4, -0.2) is 35.3 Å². The Hall–Kier alpha value is -2.85. The van der Waals surface area contributed by atoms with Crippen LogP contribution in [0.1, 0.15) is 52.5 Å². The van der Waals surface area contributed by atoms with Gasteiger partial charge in [0, 0.05) is 41.2 Å². The number of Topliss-reactive ketones (excluding diaryl/α,β-unsaturated/α-hetero) is 3. The lowest BCUT2D eigenvalue weighted by molar-refractivity contribution is -0.123. The summed E-state index contributed by atoms with van der Waals surface area (Å²) in [7, 11) is 0. The highest BCUT2D eigenvalue weighted by Crippen LogP contribution is 2.45. The molecule has 0 spiro atoms. The summed E-state index contributed by atoms with van der Waals surface area (Å²) in [4.78, 5) is 42.0. The van der Waals surface area contributed by atoms with Crippen LogP contribution in [0.5, 0.6) is 0 Å². The van der Waals surface area contributed by atoms with E-state index in [1.165, 1.54) is 5.56 Å². The number of likely N-dealkylation sites (tertiary alicyclic amines) is 1. The molecule has 0 radical (unpaired) electrons. The number of allylic oxidation sites excluding steroid dienone is 2. The Labute approximate surface area is 182 Å². The molecule has 2 aromatic rings. The molecule has 0 bridgehead atoms. The number of carbonyl (C=O) groups excluding carboxylic acids is 3. The molecule has 0 aromatic heterocycles. The fourth-order valence-corrected chi connectivity index (χ4v) is 5.63. The molecule has 2 aromatic carbocycles. The number of rotatable bonds is 3. The maximum absolute atomic E-state index is 13.5. The van der Waals surface area contributed by atoms with Crippen molar-refractivity contribution in [3.8, 4) is 0 Å². The number of nitrogens with zero attached hydrogens (tertiary/aromatic N) is 1. The molecule has 4 heteroatoms. The second kappa shape index (κ2) is 8.01. The zero-order chi connectivity index (χ0) is 21.5. The fraction of sp³-hybridized carbons (Fsp3) is 0.370. The molecule has 4 nitrogen and oxygen atoms in total. The average Bonchev–Trinajstić information content (AvgIpc) is 2.80. The van der Waals surface area contributed by atoms with Gasteiger partial charge in [0.15, 0.2) is 11.6 Å². The highest BCUT2D eigenvalue weighted by atomic mass is 16.1. The van der Waals surface area contributed by atoms with Crippen LogP contribution in [0.15, 0.2) is 65.7 Å². The normalized spacial score (nSPS) is 24.9. The van der Waals surface area contributed by atoms with Crippen LogP contribution >= 0.6 is 0 Å². The number of fused-ring (bicyclic) bond motifs is 1. The van der Waals surface area contributed by atoms with Gasteiger partial charge in [-0.1, -0.05) is 61.5 Å². The molecule has 31 heavy (non-hydrogen) atoms. The lowest BCUT2D eigenvalue weighted by atomic mass is 9.63. The van der Waals surface area contributed by atoms with Crippen LogP contribution < -0.4 is 0 Å². The lowest BCUT2D eigenvalue weighted by Crippen LogP contribution is -2.42. The topological polar surface area (TPSA) is 54.5 Å². The van der Waals surface area contributed by atoms with Crippen molar-refractivity contribution in [1.29, 1.82) is 0 Å². The second-order valence-electron chi connectivity index (χ2n) is 9.13. The summed E-state index contributed by atoms with van der Waals surface area (Å²) in [6.45, 7) is 4.60. The number of ketones is 3.